The van der Waals surface area contributed by atoms with Gasteiger partial charge in [0.15, 0.2) is 0 Å². The highest BCUT2D eigenvalue weighted by Crippen LogP contribution is 2.02. The van der Waals surface area contributed by atoms with Gasteiger partial charge < -0.3 is 5.32 Å². The van der Waals surface area contributed by atoms with Crippen molar-refractivity contribution >= 4 is 18.4 Å². The van der Waals surface area contributed by atoms with Crippen molar-refractivity contribution in [1.82, 2.24) is 0 Å². The van der Waals surface area contributed by atoms with E-state index in [-0.39, 0.29) is 0 Å². The summed E-state index contributed by atoms with van der Waals surface area (Å²) in [5.41, 5.74) is 2.46. The number of anilines is 1. The molecule has 0 aliphatic carbocycles. The van der Waals surface area contributed by atoms with Crippen molar-refractivity contribution in [1.29, 1.82) is 0 Å². The molecule has 0 saturated heterocycles. The molecule has 0 aliphatic heterocycles. The average molecular weight is 146 g/mol. The first-order valence-corrected chi connectivity index (χ1v) is 4.00. The molecule has 1 rings (SSSR count). The molecule has 0 amide bonds. The van der Waals surface area contributed by atoms with Crippen LogP contribution in [0.3, 0.4) is 0 Å². The van der Waals surface area contributed by atoms with E-state index in [0.717, 1.165) is 6.54 Å². The molecule has 1 N–H and O–H groups in total. The van der Waals surface area contributed by atoms with Crippen LogP contribution in [0.4, 0.5) is 5.69 Å². The van der Waals surface area contributed by atoms with Crippen LogP contribution in [0.2, 0.25) is 6.82 Å². The van der Waals surface area contributed by atoms with Crippen LogP contribution >= 0.6 is 0 Å². The van der Waals surface area contributed by atoms with Crippen LogP contribution in [0.15, 0.2) is 24.3 Å². The van der Waals surface area contributed by atoms with Crippen molar-refractivity contribution < 1.29 is 0 Å². The van der Waals surface area contributed by atoms with Crippen LogP contribution in [-0.4, -0.2) is 13.8 Å². The third-order valence-electron chi connectivity index (χ3n) is 1.62. The fraction of sp³-hybridized carbons (Fsp3) is 0.333. The summed E-state index contributed by atoms with van der Waals surface area (Å²) in [6.45, 7) is 5.12. The van der Waals surface area contributed by atoms with Crippen molar-refractivity contribution in [2.75, 3.05) is 11.9 Å². The molecule has 1 radical (unpaired) electrons. The van der Waals surface area contributed by atoms with E-state index in [2.05, 4.69) is 43.8 Å². The molecule has 0 fully saturated rings. The van der Waals surface area contributed by atoms with Gasteiger partial charge in [-0.1, -0.05) is 24.4 Å². The Kier molecular flexibility index (Phi) is 3.03. The van der Waals surface area contributed by atoms with E-state index >= 15 is 0 Å². The lowest BCUT2D eigenvalue weighted by atomic mass is 9.73. The van der Waals surface area contributed by atoms with Crippen LogP contribution in [0.25, 0.3) is 0 Å². The molecule has 0 atom stereocenters. The van der Waals surface area contributed by atoms with E-state index < -0.39 is 0 Å². The van der Waals surface area contributed by atoms with Gasteiger partial charge in [-0.2, -0.15) is 0 Å². The van der Waals surface area contributed by atoms with Gasteiger partial charge in [-0.25, -0.2) is 0 Å². The maximum atomic E-state index is 3.24. The molecular weight excluding hydrogens is 133 g/mol. The lowest BCUT2D eigenvalue weighted by Crippen LogP contribution is -2.09. The molecule has 0 unspecified atom stereocenters. The molecule has 0 saturated carbocycles. The van der Waals surface area contributed by atoms with Crippen molar-refractivity contribution in [2.45, 2.75) is 13.7 Å². The van der Waals surface area contributed by atoms with Gasteiger partial charge in [0.25, 0.3) is 0 Å². The molecule has 0 heterocycles. The Hall–Kier alpha value is -0.915. The highest BCUT2D eigenvalue weighted by atomic mass is 14.8. The predicted octanol–water partition coefficient (Wildman–Crippen LogP) is 1.50. The third kappa shape index (κ3) is 2.30. The Labute approximate surface area is 69.1 Å². The Morgan fingerprint density at radius 2 is 1.91 bits per heavy atom. The SMILES string of the molecule is C[B]c1ccc(NCC)cc1. The van der Waals surface area contributed by atoms with Gasteiger partial charge in [-0.3, -0.25) is 0 Å². The highest BCUT2D eigenvalue weighted by molar-refractivity contribution is 6.51. The summed E-state index contributed by atoms with van der Waals surface area (Å²) in [5, 5.41) is 3.24. The van der Waals surface area contributed by atoms with E-state index in [9.17, 15) is 0 Å². The maximum Gasteiger partial charge on any atom is 0.148 e. The molecule has 11 heavy (non-hydrogen) atoms. The minimum Gasteiger partial charge on any atom is -0.385 e. The minimum atomic E-state index is 0.981. The standard InChI is InChI=1S/C9H13BN/c1-3-11-9-6-4-8(10-2)5-7-9/h4-7,11H,3H2,1-2H3. The highest BCUT2D eigenvalue weighted by Gasteiger charge is 1.90. The number of hydrogen-bond donors (Lipinski definition) is 1. The number of nitrogens with one attached hydrogen (secondary N) is 1. The van der Waals surface area contributed by atoms with E-state index in [1.807, 2.05) is 6.82 Å². The summed E-state index contributed by atoms with van der Waals surface area (Å²) in [6.07, 6.45) is 0. The second kappa shape index (κ2) is 4.07. The normalized spacial score (nSPS) is 9.27. The maximum absolute atomic E-state index is 3.24. The second-order valence-corrected chi connectivity index (χ2v) is 2.44. The molecule has 1 nitrogen and oxygen atoms in total. The summed E-state index contributed by atoms with van der Waals surface area (Å²) in [7, 11) is 2.09. The summed E-state index contributed by atoms with van der Waals surface area (Å²) in [6, 6.07) is 8.41. The zero-order valence-corrected chi connectivity index (χ0v) is 7.09. The smallest absolute Gasteiger partial charge is 0.148 e. The van der Waals surface area contributed by atoms with Crippen LogP contribution in [-0.2, 0) is 0 Å². The molecule has 2 heteroatoms. The molecule has 0 spiro atoms. The van der Waals surface area contributed by atoms with Crippen molar-refractivity contribution in [2.24, 2.45) is 0 Å². The first-order chi connectivity index (χ1) is 5.36. The lowest BCUT2D eigenvalue weighted by molar-refractivity contribution is 1.21. The number of rotatable bonds is 3. The van der Waals surface area contributed by atoms with Crippen molar-refractivity contribution in [3.63, 3.8) is 0 Å². The van der Waals surface area contributed by atoms with E-state index in [1.54, 1.807) is 0 Å². The van der Waals surface area contributed by atoms with E-state index in [0.29, 0.717) is 0 Å². The minimum absolute atomic E-state index is 0.981. The molecule has 0 aliphatic rings. The molecule has 0 aromatic heterocycles. The quantitative estimate of drug-likeness (QED) is 0.637. The van der Waals surface area contributed by atoms with Gasteiger partial charge >= 0.3 is 0 Å². The Morgan fingerprint density at radius 1 is 1.27 bits per heavy atom. The van der Waals surface area contributed by atoms with Crippen LogP contribution < -0.4 is 10.8 Å². The lowest BCUT2D eigenvalue weighted by Gasteiger charge is -2.02. The second-order valence-electron chi connectivity index (χ2n) is 2.44. The number of hydrogen-bond acceptors (Lipinski definition) is 1. The zero-order valence-electron chi connectivity index (χ0n) is 7.09. The van der Waals surface area contributed by atoms with Crippen molar-refractivity contribution in [3.8, 4) is 0 Å². The molecular formula is C9H13BN. The Balaban J connectivity index is 2.66. The zero-order chi connectivity index (χ0) is 8.10. The van der Waals surface area contributed by atoms with Gasteiger partial charge in [-0.15, -0.1) is 0 Å². The monoisotopic (exact) mass is 146 g/mol. The first kappa shape index (κ1) is 8.18. The Morgan fingerprint density at radius 3 is 2.36 bits per heavy atom. The van der Waals surface area contributed by atoms with Crippen LogP contribution in [0, 0.1) is 0 Å². The summed E-state index contributed by atoms with van der Waals surface area (Å²) in [5.74, 6) is 0. The van der Waals surface area contributed by atoms with E-state index in [1.165, 1.54) is 11.2 Å². The van der Waals surface area contributed by atoms with Gasteiger partial charge in [-0.05, 0) is 19.1 Å². The van der Waals surface area contributed by atoms with E-state index in [4.69, 9.17) is 0 Å². The topological polar surface area (TPSA) is 12.0 Å². The van der Waals surface area contributed by atoms with Crippen molar-refractivity contribution in [3.05, 3.63) is 24.3 Å². The molecule has 1 aromatic carbocycles. The van der Waals surface area contributed by atoms with Crippen LogP contribution in [0.5, 0.6) is 0 Å². The largest absolute Gasteiger partial charge is 0.385 e. The average Bonchev–Trinajstić information content (AvgIpc) is 2.07. The summed E-state index contributed by atoms with van der Waals surface area (Å²) >= 11 is 0. The van der Waals surface area contributed by atoms with Crippen LogP contribution in [0.1, 0.15) is 6.92 Å². The molecule has 57 valence electrons. The van der Waals surface area contributed by atoms with Gasteiger partial charge in [0, 0.05) is 12.2 Å². The fourth-order valence-corrected chi connectivity index (χ4v) is 0.998. The summed E-state index contributed by atoms with van der Waals surface area (Å²) < 4.78 is 0. The fourth-order valence-electron chi connectivity index (χ4n) is 0.998. The molecule has 0 bridgehead atoms. The number of benzene rings is 1. The molecule has 1 aromatic rings. The first-order valence-electron chi connectivity index (χ1n) is 4.00. The van der Waals surface area contributed by atoms with Gasteiger partial charge in [0.2, 0.25) is 0 Å². The Bertz CT molecular complexity index is 205. The predicted molar refractivity (Wildman–Crippen MR) is 51.9 cm³/mol. The summed E-state index contributed by atoms with van der Waals surface area (Å²) in [4.78, 5) is 0. The third-order valence-corrected chi connectivity index (χ3v) is 1.62. The van der Waals surface area contributed by atoms with Gasteiger partial charge in [0.1, 0.15) is 7.28 Å². The van der Waals surface area contributed by atoms with Gasteiger partial charge in [0.05, 0.1) is 0 Å².